The van der Waals surface area contributed by atoms with Gasteiger partial charge in [0.25, 0.3) is 0 Å². The molecule has 0 heterocycles. The molecule has 0 aliphatic carbocycles. The lowest BCUT2D eigenvalue weighted by molar-refractivity contribution is -0.121. The molecule has 11 heavy (non-hydrogen) atoms. The van der Waals surface area contributed by atoms with Crippen molar-refractivity contribution in [1.29, 1.82) is 0 Å². The van der Waals surface area contributed by atoms with E-state index in [1.165, 1.54) is 0 Å². The number of rotatable bonds is 4. The quantitative estimate of drug-likeness (QED) is 0.565. The number of hydrogen-bond donors (Lipinski definition) is 0. The van der Waals surface area contributed by atoms with Crippen LogP contribution in [0, 0.1) is 17.8 Å². The molecule has 0 radical (unpaired) electrons. The SMILES string of the molecule is CC#CCC(=O)C(C)CCC. The van der Waals surface area contributed by atoms with Crippen molar-refractivity contribution in [2.24, 2.45) is 5.92 Å². The summed E-state index contributed by atoms with van der Waals surface area (Å²) >= 11 is 0. The Morgan fingerprint density at radius 2 is 2.18 bits per heavy atom. The average Bonchev–Trinajstić information content (AvgIpc) is 2.00. The molecule has 0 spiro atoms. The zero-order valence-electron chi connectivity index (χ0n) is 7.61. The zero-order chi connectivity index (χ0) is 8.69. The van der Waals surface area contributed by atoms with Crippen LogP contribution in [0.4, 0.5) is 0 Å². The summed E-state index contributed by atoms with van der Waals surface area (Å²) in [6.45, 7) is 5.83. The molecule has 1 nitrogen and oxygen atoms in total. The Kier molecular flexibility index (Phi) is 5.56. The predicted molar refractivity (Wildman–Crippen MR) is 47.1 cm³/mol. The van der Waals surface area contributed by atoms with E-state index < -0.39 is 0 Å². The molecular formula is C10H16O. The lowest BCUT2D eigenvalue weighted by Crippen LogP contribution is -2.09. The predicted octanol–water partition coefficient (Wildman–Crippen LogP) is 2.41. The van der Waals surface area contributed by atoms with E-state index in [4.69, 9.17) is 0 Å². The molecule has 1 heteroatoms. The van der Waals surface area contributed by atoms with E-state index in [1.54, 1.807) is 6.92 Å². The third kappa shape index (κ3) is 4.61. The standard InChI is InChI=1S/C10H16O/c1-4-6-8-10(11)9(3)7-5-2/h9H,5,7-8H2,1-3H3. The lowest BCUT2D eigenvalue weighted by Gasteiger charge is -2.04. The third-order valence-electron chi connectivity index (χ3n) is 1.71. The summed E-state index contributed by atoms with van der Waals surface area (Å²) in [7, 11) is 0. The first-order valence-corrected chi connectivity index (χ1v) is 4.14. The number of hydrogen-bond acceptors (Lipinski definition) is 1. The first kappa shape index (κ1) is 10.2. The Morgan fingerprint density at radius 3 is 2.64 bits per heavy atom. The largest absolute Gasteiger partial charge is 0.298 e. The number of carbonyl (C=O) groups excluding carboxylic acids is 1. The highest BCUT2D eigenvalue weighted by atomic mass is 16.1. The van der Waals surface area contributed by atoms with E-state index in [0.717, 1.165) is 12.8 Å². The van der Waals surface area contributed by atoms with Gasteiger partial charge in [-0.3, -0.25) is 4.79 Å². The third-order valence-corrected chi connectivity index (χ3v) is 1.71. The molecule has 0 amide bonds. The summed E-state index contributed by atoms with van der Waals surface area (Å²) in [5, 5.41) is 0. The number of ketones is 1. The van der Waals surface area contributed by atoms with Crippen molar-refractivity contribution in [1.82, 2.24) is 0 Å². The summed E-state index contributed by atoms with van der Waals surface area (Å²) in [4.78, 5) is 11.2. The van der Waals surface area contributed by atoms with E-state index in [-0.39, 0.29) is 11.7 Å². The van der Waals surface area contributed by atoms with E-state index >= 15 is 0 Å². The van der Waals surface area contributed by atoms with E-state index in [1.807, 2.05) is 6.92 Å². The summed E-state index contributed by atoms with van der Waals surface area (Å²) in [5.74, 6) is 5.99. The summed E-state index contributed by atoms with van der Waals surface area (Å²) in [6, 6.07) is 0. The van der Waals surface area contributed by atoms with Gasteiger partial charge in [0.2, 0.25) is 0 Å². The van der Waals surface area contributed by atoms with E-state index in [9.17, 15) is 4.79 Å². The van der Waals surface area contributed by atoms with Crippen LogP contribution in [-0.4, -0.2) is 5.78 Å². The molecule has 62 valence electrons. The van der Waals surface area contributed by atoms with Crippen molar-refractivity contribution in [2.45, 2.75) is 40.0 Å². The van der Waals surface area contributed by atoms with Crippen molar-refractivity contribution < 1.29 is 4.79 Å². The van der Waals surface area contributed by atoms with E-state index in [2.05, 4.69) is 18.8 Å². The molecule has 0 aromatic carbocycles. The van der Waals surface area contributed by atoms with Crippen molar-refractivity contribution in [2.75, 3.05) is 0 Å². The fourth-order valence-corrected chi connectivity index (χ4v) is 0.944. The monoisotopic (exact) mass is 152 g/mol. The molecule has 0 aliphatic heterocycles. The first-order chi connectivity index (χ1) is 5.22. The Morgan fingerprint density at radius 1 is 1.55 bits per heavy atom. The lowest BCUT2D eigenvalue weighted by atomic mass is 9.99. The first-order valence-electron chi connectivity index (χ1n) is 4.14. The molecule has 1 atom stereocenters. The maximum atomic E-state index is 11.2. The number of carbonyl (C=O) groups is 1. The van der Waals surface area contributed by atoms with Crippen molar-refractivity contribution >= 4 is 5.78 Å². The van der Waals surface area contributed by atoms with Gasteiger partial charge in [-0.25, -0.2) is 0 Å². The fraction of sp³-hybridized carbons (Fsp3) is 0.700. The summed E-state index contributed by atoms with van der Waals surface area (Å²) in [6.07, 6.45) is 2.49. The number of Topliss-reactive ketones (excluding diaryl/α,β-unsaturated/α-hetero) is 1. The topological polar surface area (TPSA) is 17.1 Å². The minimum atomic E-state index is 0.195. The van der Waals surface area contributed by atoms with Crippen LogP contribution in [0.1, 0.15) is 40.0 Å². The van der Waals surface area contributed by atoms with Gasteiger partial charge in [-0.05, 0) is 13.3 Å². The molecule has 0 fully saturated rings. The molecule has 1 unspecified atom stereocenters. The average molecular weight is 152 g/mol. The second-order valence-corrected chi connectivity index (χ2v) is 2.76. The minimum absolute atomic E-state index is 0.195. The normalized spacial score (nSPS) is 11.5. The summed E-state index contributed by atoms with van der Waals surface area (Å²) < 4.78 is 0. The molecule has 0 rings (SSSR count). The molecule has 0 N–H and O–H groups in total. The van der Waals surface area contributed by atoms with Crippen LogP contribution in [0.5, 0.6) is 0 Å². The van der Waals surface area contributed by atoms with Gasteiger partial charge in [-0.1, -0.05) is 26.2 Å². The van der Waals surface area contributed by atoms with Gasteiger partial charge in [0.15, 0.2) is 0 Å². The highest BCUT2D eigenvalue weighted by molar-refractivity contribution is 5.82. The second kappa shape index (κ2) is 5.97. The van der Waals surface area contributed by atoms with Crippen LogP contribution in [0.3, 0.4) is 0 Å². The maximum absolute atomic E-state index is 11.2. The molecule has 0 aliphatic rings. The fourth-order valence-electron chi connectivity index (χ4n) is 0.944. The van der Waals surface area contributed by atoms with Gasteiger partial charge in [0.1, 0.15) is 5.78 Å². The Bertz CT molecular complexity index is 171. The smallest absolute Gasteiger partial charge is 0.147 e. The van der Waals surface area contributed by atoms with Gasteiger partial charge in [0.05, 0.1) is 6.42 Å². The van der Waals surface area contributed by atoms with Crippen LogP contribution in [0.2, 0.25) is 0 Å². The minimum Gasteiger partial charge on any atom is -0.298 e. The van der Waals surface area contributed by atoms with Crippen LogP contribution in [-0.2, 0) is 4.79 Å². The van der Waals surface area contributed by atoms with Crippen LogP contribution < -0.4 is 0 Å². The van der Waals surface area contributed by atoms with Crippen molar-refractivity contribution in [3.63, 3.8) is 0 Å². The summed E-state index contributed by atoms with van der Waals surface area (Å²) in [5.41, 5.74) is 0. The highest BCUT2D eigenvalue weighted by Gasteiger charge is 2.09. The second-order valence-electron chi connectivity index (χ2n) is 2.76. The van der Waals surface area contributed by atoms with Crippen LogP contribution in [0.15, 0.2) is 0 Å². The molecule has 0 aromatic rings. The van der Waals surface area contributed by atoms with Gasteiger partial charge in [0, 0.05) is 5.92 Å². The van der Waals surface area contributed by atoms with E-state index in [0.29, 0.717) is 6.42 Å². The van der Waals surface area contributed by atoms with Crippen molar-refractivity contribution in [3.8, 4) is 11.8 Å². The molecule has 0 saturated carbocycles. The maximum Gasteiger partial charge on any atom is 0.147 e. The van der Waals surface area contributed by atoms with Gasteiger partial charge >= 0.3 is 0 Å². The van der Waals surface area contributed by atoms with Gasteiger partial charge in [-0.15, -0.1) is 5.92 Å². The molecule has 0 saturated heterocycles. The Labute approximate surface area is 69.2 Å². The highest BCUT2D eigenvalue weighted by Crippen LogP contribution is 2.07. The molecule has 0 bridgehead atoms. The van der Waals surface area contributed by atoms with Crippen LogP contribution in [0.25, 0.3) is 0 Å². The molecule has 0 aromatic heterocycles. The molecular weight excluding hydrogens is 136 g/mol. The Hall–Kier alpha value is -0.770. The van der Waals surface area contributed by atoms with Crippen LogP contribution >= 0.6 is 0 Å². The Balaban J connectivity index is 3.70. The zero-order valence-corrected chi connectivity index (χ0v) is 7.61. The van der Waals surface area contributed by atoms with Crippen molar-refractivity contribution in [3.05, 3.63) is 0 Å². The van der Waals surface area contributed by atoms with Gasteiger partial charge < -0.3 is 0 Å². The van der Waals surface area contributed by atoms with Gasteiger partial charge in [-0.2, -0.15) is 0 Å².